The molecular formula is C25H34N4O2. The van der Waals surface area contributed by atoms with Gasteiger partial charge in [-0.25, -0.2) is 0 Å². The second-order valence-corrected chi connectivity index (χ2v) is 9.49. The maximum absolute atomic E-state index is 13.7. The molecule has 2 aliphatic rings. The van der Waals surface area contributed by atoms with Crippen LogP contribution in [0.15, 0.2) is 48.8 Å². The first-order valence-electron chi connectivity index (χ1n) is 11.3. The number of hydrogen-bond donors (Lipinski definition) is 1. The first kappa shape index (κ1) is 21.8. The van der Waals surface area contributed by atoms with E-state index < -0.39 is 5.60 Å². The van der Waals surface area contributed by atoms with Crippen LogP contribution in [0.25, 0.3) is 0 Å². The highest BCUT2D eigenvalue weighted by molar-refractivity contribution is 5.96. The van der Waals surface area contributed by atoms with Crippen molar-refractivity contribution in [2.45, 2.75) is 44.8 Å². The molecule has 0 spiro atoms. The lowest BCUT2D eigenvalue weighted by molar-refractivity contribution is -0.126. The molecule has 2 saturated heterocycles. The van der Waals surface area contributed by atoms with Crippen LogP contribution in [0.4, 0.5) is 11.4 Å². The number of rotatable bonds is 5. The van der Waals surface area contributed by atoms with Crippen molar-refractivity contribution in [1.29, 1.82) is 0 Å². The molecule has 31 heavy (non-hydrogen) atoms. The van der Waals surface area contributed by atoms with E-state index in [0.29, 0.717) is 0 Å². The quantitative estimate of drug-likeness (QED) is 0.803. The van der Waals surface area contributed by atoms with Gasteiger partial charge in [-0.05, 0) is 63.9 Å². The molecule has 0 radical (unpaired) electrons. The van der Waals surface area contributed by atoms with Gasteiger partial charge in [0.25, 0.3) is 0 Å². The highest BCUT2D eigenvalue weighted by atomic mass is 16.3. The minimum atomic E-state index is -0.978. The second kappa shape index (κ2) is 8.97. The van der Waals surface area contributed by atoms with Crippen LogP contribution in [-0.2, 0) is 11.2 Å². The summed E-state index contributed by atoms with van der Waals surface area (Å²) in [4.78, 5) is 24.5. The zero-order valence-electron chi connectivity index (χ0n) is 18.9. The van der Waals surface area contributed by atoms with E-state index >= 15 is 0 Å². The number of anilines is 2. The van der Waals surface area contributed by atoms with E-state index in [1.807, 2.05) is 12.1 Å². The number of piperidine rings is 1. The third-order valence-corrected chi connectivity index (χ3v) is 6.73. The zero-order chi connectivity index (χ0) is 22.0. The summed E-state index contributed by atoms with van der Waals surface area (Å²) in [7, 11) is 2.16. The molecule has 1 amide bonds. The van der Waals surface area contributed by atoms with Crippen LogP contribution in [0.2, 0.25) is 0 Å². The van der Waals surface area contributed by atoms with E-state index in [1.54, 1.807) is 31.1 Å². The Balaban J connectivity index is 1.58. The standard InChI is InChI=1S/C25H34N4O2/c1-25(2,31)23-11-10-20(24(30)29(23)21-8-6-12-26-18-21)17-19-7-4-5-9-22(19)28-15-13-27(3)14-16-28/h4-9,12,18,20,23,31H,10-11,13-17H2,1-3H3. The fraction of sp³-hybridized carbons (Fsp3) is 0.520. The van der Waals surface area contributed by atoms with Crippen molar-refractivity contribution in [2.24, 2.45) is 5.92 Å². The van der Waals surface area contributed by atoms with Gasteiger partial charge in [0.15, 0.2) is 0 Å². The number of amides is 1. The van der Waals surface area contributed by atoms with Gasteiger partial charge in [0.2, 0.25) is 5.91 Å². The first-order valence-corrected chi connectivity index (χ1v) is 11.3. The highest BCUT2D eigenvalue weighted by Crippen LogP contribution is 2.36. The molecule has 2 aliphatic heterocycles. The summed E-state index contributed by atoms with van der Waals surface area (Å²) >= 11 is 0. The third-order valence-electron chi connectivity index (χ3n) is 6.73. The number of para-hydroxylation sites is 1. The summed E-state index contributed by atoms with van der Waals surface area (Å²) in [5.74, 6) is -0.0213. The van der Waals surface area contributed by atoms with Gasteiger partial charge in [-0.15, -0.1) is 0 Å². The fourth-order valence-electron chi connectivity index (χ4n) is 4.93. The number of carbonyl (C=O) groups excluding carboxylic acids is 1. The Hall–Kier alpha value is -2.44. The lowest BCUT2D eigenvalue weighted by Gasteiger charge is -2.44. The molecule has 1 aromatic heterocycles. The number of benzene rings is 1. The number of aliphatic hydroxyl groups is 1. The summed E-state index contributed by atoms with van der Waals surface area (Å²) in [5, 5.41) is 10.8. The van der Waals surface area contributed by atoms with Crippen molar-refractivity contribution in [3.8, 4) is 0 Å². The van der Waals surface area contributed by atoms with Crippen LogP contribution in [0.5, 0.6) is 0 Å². The van der Waals surface area contributed by atoms with Crippen molar-refractivity contribution in [2.75, 3.05) is 43.0 Å². The first-order chi connectivity index (χ1) is 14.8. The molecule has 0 bridgehead atoms. The molecule has 2 unspecified atom stereocenters. The lowest BCUT2D eigenvalue weighted by Crippen LogP contribution is -2.57. The van der Waals surface area contributed by atoms with Gasteiger partial charge in [0.1, 0.15) is 0 Å². The number of pyridine rings is 1. The average molecular weight is 423 g/mol. The Bertz CT molecular complexity index is 888. The largest absolute Gasteiger partial charge is 0.388 e. The number of nitrogens with zero attached hydrogens (tertiary/aromatic N) is 4. The van der Waals surface area contributed by atoms with Gasteiger partial charge < -0.3 is 19.8 Å². The maximum Gasteiger partial charge on any atom is 0.230 e. The Morgan fingerprint density at radius 2 is 1.81 bits per heavy atom. The van der Waals surface area contributed by atoms with Crippen molar-refractivity contribution >= 4 is 17.3 Å². The predicted molar refractivity (Wildman–Crippen MR) is 124 cm³/mol. The molecule has 6 heteroatoms. The van der Waals surface area contributed by atoms with Gasteiger partial charge in [-0.2, -0.15) is 0 Å². The SMILES string of the molecule is CN1CCN(c2ccccc2CC2CCC(C(C)(C)O)N(c3cccnc3)C2=O)CC1. The Morgan fingerprint density at radius 3 is 2.48 bits per heavy atom. The summed E-state index contributed by atoms with van der Waals surface area (Å²) in [6, 6.07) is 12.0. The fourth-order valence-corrected chi connectivity index (χ4v) is 4.93. The third kappa shape index (κ3) is 4.75. The average Bonchev–Trinajstić information content (AvgIpc) is 2.76. The second-order valence-electron chi connectivity index (χ2n) is 9.49. The molecule has 2 fully saturated rings. The minimum absolute atomic E-state index is 0.0829. The van der Waals surface area contributed by atoms with E-state index in [4.69, 9.17) is 0 Å². The van der Waals surface area contributed by atoms with E-state index in [-0.39, 0.29) is 17.9 Å². The maximum atomic E-state index is 13.7. The summed E-state index contributed by atoms with van der Waals surface area (Å²) in [6.07, 6.45) is 5.70. The molecule has 0 aliphatic carbocycles. The number of aromatic nitrogens is 1. The number of likely N-dealkylation sites (N-methyl/N-ethyl adjacent to an activating group) is 1. The molecule has 2 atom stereocenters. The van der Waals surface area contributed by atoms with Crippen LogP contribution in [-0.4, -0.2) is 65.8 Å². The van der Waals surface area contributed by atoms with Crippen molar-refractivity contribution < 1.29 is 9.90 Å². The molecule has 1 N–H and O–H groups in total. The molecule has 4 rings (SSSR count). The molecule has 6 nitrogen and oxygen atoms in total. The van der Waals surface area contributed by atoms with Gasteiger partial charge in [0, 0.05) is 44.0 Å². The summed E-state index contributed by atoms with van der Waals surface area (Å²) < 4.78 is 0. The van der Waals surface area contributed by atoms with Crippen molar-refractivity contribution in [1.82, 2.24) is 9.88 Å². The zero-order valence-corrected chi connectivity index (χ0v) is 18.9. The van der Waals surface area contributed by atoms with E-state index in [0.717, 1.165) is 51.1 Å². The molecule has 3 heterocycles. The van der Waals surface area contributed by atoms with E-state index in [9.17, 15) is 9.90 Å². The van der Waals surface area contributed by atoms with Crippen molar-refractivity contribution in [3.05, 3.63) is 54.4 Å². The van der Waals surface area contributed by atoms with Crippen molar-refractivity contribution in [3.63, 3.8) is 0 Å². The predicted octanol–water partition coefficient (Wildman–Crippen LogP) is 2.96. The molecule has 0 saturated carbocycles. The van der Waals surface area contributed by atoms with Crippen LogP contribution >= 0.6 is 0 Å². The topological polar surface area (TPSA) is 59.9 Å². The highest BCUT2D eigenvalue weighted by Gasteiger charge is 2.43. The van der Waals surface area contributed by atoms with Gasteiger partial charge >= 0.3 is 0 Å². The monoisotopic (exact) mass is 422 g/mol. The Morgan fingerprint density at radius 1 is 1.06 bits per heavy atom. The molecule has 1 aromatic carbocycles. The molecule has 166 valence electrons. The lowest BCUT2D eigenvalue weighted by atomic mass is 9.81. The van der Waals surface area contributed by atoms with Crippen LogP contribution in [0.3, 0.4) is 0 Å². The Kier molecular flexibility index (Phi) is 6.30. The van der Waals surface area contributed by atoms with Gasteiger partial charge in [-0.3, -0.25) is 9.78 Å². The minimum Gasteiger partial charge on any atom is -0.388 e. The van der Waals surface area contributed by atoms with E-state index in [1.165, 1.54) is 11.3 Å². The number of piperazine rings is 1. The van der Waals surface area contributed by atoms with Gasteiger partial charge in [0.05, 0.1) is 23.5 Å². The summed E-state index contributed by atoms with van der Waals surface area (Å²) in [5.41, 5.74) is 2.27. The van der Waals surface area contributed by atoms with Gasteiger partial charge in [-0.1, -0.05) is 18.2 Å². The summed E-state index contributed by atoms with van der Waals surface area (Å²) in [6.45, 7) is 7.70. The molecular weight excluding hydrogens is 388 g/mol. The number of hydrogen-bond acceptors (Lipinski definition) is 5. The molecule has 2 aromatic rings. The van der Waals surface area contributed by atoms with Crippen LogP contribution < -0.4 is 9.80 Å². The van der Waals surface area contributed by atoms with Crippen LogP contribution in [0.1, 0.15) is 32.3 Å². The Labute approximate surface area is 185 Å². The number of carbonyl (C=O) groups is 1. The smallest absolute Gasteiger partial charge is 0.230 e. The van der Waals surface area contributed by atoms with E-state index in [2.05, 4.69) is 46.1 Å². The normalized spacial score (nSPS) is 23.3. The van der Waals surface area contributed by atoms with Crippen LogP contribution in [0, 0.1) is 5.92 Å².